The predicted molar refractivity (Wildman–Crippen MR) is 51.3 cm³/mol. The van der Waals surface area contributed by atoms with Gasteiger partial charge in [-0.05, 0) is 26.2 Å². The lowest BCUT2D eigenvalue weighted by Crippen LogP contribution is -2.43. The third kappa shape index (κ3) is 1.90. The second-order valence-electron chi connectivity index (χ2n) is 3.53. The van der Waals surface area contributed by atoms with Crippen molar-refractivity contribution in [3.8, 4) is 0 Å². The molecular weight excluding hydrogens is 150 g/mol. The average Bonchev–Trinajstić information content (AvgIpc) is 2.88. The molecule has 1 fully saturated rings. The van der Waals surface area contributed by atoms with Crippen molar-refractivity contribution >= 4 is 5.96 Å². The van der Waals surface area contributed by atoms with Crippen molar-refractivity contribution in [2.45, 2.75) is 45.2 Å². The summed E-state index contributed by atoms with van der Waals surface area (Å²) in [5.41, 5.74) is 5.87. The molecule has 3 N–H and O–H groups in total. The summed E-state index contributed by atoms with van der Waals surface area (Å²) in [5, 5.41) is 3.02. The second kappa shape index (κ2) is 3.78. The van der Waals surface area contributed by atoms with Crippen molar-refractivity contribution in [3.63, 3.8) is 0 Å². The van der Waals surface area contributed by atoms with Crippen LogP contribution in [0.2, 0.25) is 0 Å². The van der Waals surface area contributed by atoms with Gasteiger partial charge in [0.25, 0.3) is 0 Å². The molecular formula is C9H20N3+. The molecule has 0 aliphatic heterocycles. The van der Waals surface area contributed by atoms with Crippen LogP contribution in [-0.2, 0) is 0 Å². The molecule has 0 spiro atoms. The third-order valence-corrected chi connectivity index (χ3v) is 2.54. The Balaban J connectivity index is 2.72. The number of nitrogens with two attached hydrogens (primary N) is 1. The summed E-state index contributed by atoms with van der Waals surface area (Å²) in [5.74, 6) is 0.826. The van der Waals surface area contributed by atoms with Gasteiger partial charge >= 0.3 is 5.96 Å². The van der Waals surface area contributed by atoms with E-state index in [1.165, 1.54) is 12.8 Å². The van der Waals surface area contributed by atoms with E-state index in [9.17, 15) is 0 Å². The molecule has 0 radical (unpaired) electrons. The van der Waals surface area contributed by atoms with Crippen LogP contribution in [-0.4, -0.2) is 29.7 Å². The van der Waals surface area contributed by atoms with Gasteiger partial charge in [-0.15, -0.1) is 0 Å². The number of guanidine groups is 1. The van der Waals surface area contributed by atoms with Crippen LogP contribution in [0, 0.1) is 0 Å². The van der Waals surface area contributed by atoms with Crippen molar-refractivity contribution in [2.24, 2.45) is 5.73 Å². The molecule has 0 aromatic carbocycles. The predicted octanol–water partition coefficient (Wildman–Crippen LogP) is 0.494. The summed E-state index contributed by atoms with van der Waals surface area (Å²) >= 11 is 0. The molecule has 1 atom stereocenters. The van der Waals surface area contributed by atoms with Gasteiger partial charge in [-0.25, -0.2) is 0 Å². The minimum atomic E-state index is 0.560. The number of nitrogens with zero attached hydrogens (tertiary/aromatic N) is 1. The zero-order chi connectivity index (χ0) is 9.14. The highest BCUT2D eigenvalue weighted by Gasteiger charge is 2.32. The largest absolute Gasteiger partial charge is 0.343 e. The van der Waals surface area contributed by atoms with Gasteiger partial charge in [0.15, 0.2) is 0 Å². The topological polar surface area (TPSA) is 41.1 Å². The Labute approximate surface area is 74.6 Å². The molecule has 70 valence electrons. The Hall–Kier alpha value is -0.730. The Morgan fingerprint density at radius 1 is 1.67 bits per heavy atom. The van der Waals surface area contributed by atoms with Crippen LogP contribution in [0.5, 0.6) is 0 Å². The standard InChI is InChI=1S/C9H19N3/c1-4-7(2)12(8-5-6-8)9(10)11-3/h7-8H,4-6H2,1-3H3,(H2,10,11)/p+1. The summed E-state index contributed by atoms with van der Waals surface area (Å²) < 4.78 is 2.31. The number of hydrogen-bond acceptors (Lipinski definition) is 0. The van der Waals surface area contributed by atoms with Crippen molar-refractivity contribution < 1.29 is 4.58 Å². The van der Waals surface area contributed by atoms with E-state index in [-0.39, 0.29) is 0 Å². The quantitative estimate of drug-likeness (QED) is 0.368. The Morgan fingerprint density at radius 2 is 2.25 bits per heavy atom. The van der Waals surface area contributed by atoms with Gasteiger partial charge < -0.3 is 0 Å². The third-order valence-electron chi connectivity index (χ3n) is 2.54. The van der Waals surface area contributed by atoms with Gasteiger partial charge in [-0.2, -0.15) is 0 Å². The Kier molecular flexibility index (Phi) is 2.95. The lowest BCUT2D eigenvalue weighted by atomic mass is 10.2. The van der Waals surface area contributed by atoms with E-state index >= 15 is 0 Å². The van der Waals surface area contributed by atoms with Crippen LogP contribution in [0.15, 0.2) is 0 Å². The van der Waals surface area contributed by atoms with Gasteiger partial charge in [-0.1, -0.05) is 6.92 Å². The average molecular weight is 170 g/mol. The first-order valence-corrected chi connectivity index (χ1v) is 4.79. The lowest BCUT2D eigenvalue weighted by Gasteiger charge is -2.15. The van der Waals surface area contributed by atoms with Crippen LogP contribution >= 0.6 is 0 Å². The molecule has 1 aliphatic carbocycles. The first kappa shape index (κ1) is 9.36. The number of nitrogens with one attached hydrogen (secondary N) is 1. The van der Waals surface area contributed by atoms with Crippen molar-refractivity contribution in [3.05, 3.63) is 0 Å². The molecule has 0 heterocycles. The highest BCUT2D eigenvalue weighted by atomic mass is 15.2. The maximum Gasteiger partial charge on any atom is 0.343 e. The fourth-order valence-electron chi connectivity index (χ4n) is 1.47. The van der Waals surface area contributed by atoms with Crippen LogP contribution < -0.4 is 11.1 Å². The summed E-state index contributed by atoms with van der Waals surface area (Å²) in [7, 11) is 1.88. The molecule has 1 rings (SSSR count). The van der Waals surface area contributed by atoms with E-state index in [2.05, 4.69) is 23.7 Å². The van der Waals surface area contributed by atoms with Crippen LogP contribution in [0.4, 0.5) is 0 Å². The van der Waals surface area contributed by atoms with Crippen molar-refractivity contribution in [1.82, 2.24) is 5.32 Å². The molecule has 0 aromatic rings. The van der Waals surface area contributed by atoms with E-state index in [0.717, 1.165) is 12.4 Å². The molecule has 12 heavy (non-hydrogen) atoms. The molecule has 1 aliphatic rings. The van der Waals surface area contributed by atoms with Crippen molar-refractivity contribution in [1.29, 1.82) is 0 Å². The van der Waals surface area contributed by atoms with E-state index in [0.29, 0.717) is 12.1 Å². The number of rotatable bonds is 3. The molecule has 1 unspecified atom stereocenters. The van der Waals surface area contributed by atoms with Gasteiger partial charge in [0.2, 0.25) is 0 Å². The Morgan fingerprint density at radius 3 is 2.58 bits per heavy atom. The summed E-state index contributed by atoms with van der Waals surface area (Å²) in [6, 6.07) is 1.26. The van der Waals surface area contributed by atoms with Gasteiger partial charge in [-0.3, -0.25) is 15.6 Å². The molecule has 3 nitrogen and oxygen atoms in total. The Bertz CT molecular complexity index is 182. The van der Waals surface area contributed by atoms with E-state index in [4.69, 9.17) is 5.73 Å². The minimum absolute atomic E-state index is 0.560. The van der Waals surface area contributed by atoms with Crippen LogP contribution in [0.1, 0.15) is 33.1 Å². The summed E-state index contributed by atoms with van der Waals surface area (Å²) in [6.45, 7) is 4.42. The molecule has 1 saturated carbocycles. The zero-order valence-corrected chi connectivity index (χ0v) is 8.30. The zero-order valence-electron chi connectivity index (χ0n) is 8.30. The smallest absolute Gasteiger partial charge is 0.291 e. The second-order valence-corrected chi connectivity index (χ2v) is 3.53. The molecule has 0 aromatic heterocycles. The summed E-state index contributed by atoms with van der Waals surface area (Å²) in [4.78, 5) is 0. The minimum Gasteiger partial charge on any atom is -0.291 e. The maximum atomic E-state index is 5.87. The first-order valence-electron chi connectivity index (χ1n) is 4.79. The van der Waals surface area contributed by atoms with Crippen LogP contribution in [0.3, 0.4) is 0 Å². The summed E-state index contributed by atoms with van der Waals surface area (Å²) in [6.07, 6.45) is 3.75. The van der Waals surface area contributed by atoms with E-state index in [1.54, 1.807) is 0 Å². The van der Waals surface area contributed by atoms with Crippen molar-refractivity contribution in [2.75, 3.05) is 7.05 Å². The SMILES string of the molecule is CCC(C)[N+](=C(N)NC)C1CC1. The van der Waals surface area contributed by atoms with Gasteiger partial charge in [0.1, 0.15) is 0 Å². The number of hydrogen-bond donors (Lipinski definition) is 2. The highest BCUT2D eigenvalue weighted by Crippen LogP contribution is 2.25. The van der Waals surface area contributed by atoms with E-state index in [1.807, 2.05) is 7.05 Å². The fourth-order valence-corrected chi connectivity index (χ4v) is 1.47. The highest BCUT2D eigenvalue weighted by molar-refractivity contribution is 5.72. The van der Waals surface area contributed by atoms with Crippen LogP contribution in [0.25, 0.3) is 0 Å². The monoisotopic (exact) mass is 170 g/mol. The van der Waals surface area contributed by atoms with E-state index < -0.39 is 0 Å². The molecule has 0 amide bonds. The molecule has 0 saturated heterocycles. The maximum absolute atomic E-state index is 5.87. The normalized spacial score (nSPS) is 21.6. The molecule has 0 bridgehead atoms. The first-order chi connectivity index (χ1) is 5.70. The fraction of sp³-hybridized carbons (Fsp3) is 0.889. The lowest BCUT2D eigenvalue weighted by molar-refractivity contribution is -0.578. The van der Waals surface area contributed by atoms with Gasteiger partial charge in [0, 0.05) is 0 Å². The van der Waals surface area contributed by atoms with Gasteiger partial charge in [0.05, 0.1) is 19.1 Å². The molecule has 3 heteroatoms.